The van der Waals surface area contributed by atoms with Crippen LogP contribution in [-0.2, 0) is 16.6 Å². The van der Waals surface area contributed by atoms with Gasteiger partial charge in [0.15, 0.2) is 0 Å². The van der Waals surface area contributed by atoms with Crippen molar-refractivity contribution in [1.82, 2.24) is 4.72 Å². The molecular formula is C15H17BrN2O2S. The third-order valence-corrected chi connectivity index (χ3v) is 5.33. The lowest BCUT2D eigenvalue weighted by atomic mass is 10.1. The van der Waals surface area contributed by atoms with E-state index in [4.69, 9.17) is 0 Å². The highest BCUT2D eigenvalue weighted by Crippen LogP contribution is 2.23. The quantitative estimate of drug-likeness (QED) is 0.851. The maximum atomic E-state index is 12.0. The smallest absolute Gasteiger partial charge is 0.242 e. The summed E-state index contributed by atoms with van der Waals surface area (Å²) < 4.78 is 27.3. The number of sulfonamides is 1. The normalized spacial score (nSPS) is 11.4. The number of para-hydroxylation sites is 1. The lowest BCUT2D eigenvalue weighted by Gasteiger charge is -2.13. The highest BCUT2D eigenvalue weighted by atomic mass is 79.9. The minimum absolute atomic E-state index is 0.246. The second-order valence-corrected chi connectivity index (χ2v) is 7.36. The summed E-state index contributed by atoms with van der Waals surface area (Å²) in [5.41, 5.74) is 2.82. The fourth-order valence-corrected chi connectivity index (χ4v) is 3.48. The van der Waals surface area contributed by atoms with Gasteiger partial charge in [0, 0.05) is 11.0 Å². The summed E-state index contributed by atoms with van der Waals surface area (Å²) in [7, 11) is -2.07. The third-order valence-electron chi connectivity index (χ3n) is 3.12. The Morgan fingerprint density at radius 2 is 1.86 bits per heavy atom. The molecule has 0 bridgehead atoms. The Morgan fingerprint density at radius 1 is 1.14 bits per heavy atom. The van der Waals surface area contributed by atoms with Crippen molar-refractivity contribution in [3.8, 4) is 0 Å². The second kappa shape index (κ2) is 6.60. The van der Waals surface area contributed by atoms with Crippen molar-refractivity contribution >= 4 is 31.6 Å². The second-order valence-electron chi connectivity index (χ2n) is 4.65. The van der Waals surface area contributed by atoms with Crippen molar-refractivity contribution in [1.29, 1.82) is 0 Å². The molecule has 112 valence electrons. The highest BCUT2D eigenvalue weighted by molar-refractivity contribution is 9.10. The van der Waals surface area contributed by atoms with Crippen LogP contribution in [-0.4, -0.2) is 15.5 Å². The number of benzene rings is 2. The van der Waals surface area contributed by atoms with Crippen LogP contribution in [0.4, 0.5) is 5.69 Å². The van der Waals surface area contributed by atoms with Crippen LogP contribution in [0.2, 0.25) is 0 Å². The molecule has 0 atom stereocenters. The molecule has 0 fully saturated rings. The summed E-state index contributed by atoms with van der Waals surface area (Å²) in [6.07, 6.45) is 0. The van der Waals surface area contributed by atoms with Crippen LogP contribution in [0.5, 0.6) is 0 Å². The minimum Gasteiger partial charge on any atom is -0.380 e. The zero-order valence-electron chi connectivity index (χ0n) is 11.9. The molecule has 0 heterocycles. The molecule has 0 aromatic heterocycles. The van der Waals surface area contributed by atoms with Gasteiger partial charge < -0.3 is 5.32 Å². The standard InChI is InChI=1S/C15H17BrN2O2S/c1-11-7-8-12(13(16)9-11)10-18-14-5-3-4-6-15(14)21(19,20)17-2/h3-9,17-18H,10H2,1-2H3. The van der Waals surface area contributed by atoms with E-state index in [1.54, 1.807) is 24.3 Å². The van der Waals surface area contributed by atoms with Gasteiger partial charge in [-0.3, -0.25) is 0 Å². The summed E-state index contributed by atoms with van der Waals surface area (Å²) in [6, 6.07) is 12.9. The van der Waals surface area contributed by atoms with E-state index in [9.17, 15) is 8.42 Å². The van der Waals surface area contributed by atoms with E-state index >= 15 is 0 Å². The Hall–Kier alpha value is -1.37. The van der Waals surface area contributed by atoms with E-state index in [0.717, 1.165) is 10.0 Å². The predicted molar refractivity (Wildman–Crippen MR) is 88.9 cm³/mol. The average Bonchev–Trinajstić information content (AvgIpc) is 2.46. The van der Waals surface area contributed by atoms with Crippen molar-refractivity contribution in [2.45, 2.75) is 18.4 Å². The van der Waals surface area contributed by atoms with Crippen molar-refractivity contribution in [3.63, 3.8) is 0 Å². The zero-order valence-corrected chi connectivity index (χ0v) is 14.3. The summed E-state index contributed by atoms with van der Waals surface area (Å²) in [5.74, 6) is 0. The van der Waals surface area contributed by atoms with Crippen LogP contribution in [0.25, 0.3) is 0 Å². The van der Waals surface area contributed by atoms with Gasteiger partial charge in [0.25, 0.3) is 0 Å². The molecule has 0 unspecified atom stereocenters. The van der Waals surface area contributed by atoms with Gasteiger partial charge in [-0.1, -0.05) is 40.2 Å². The lowest BCUT2D eigenvalue weighted by Crippen LogP contribution is -2.20. The van der Waals surface area contributed by atoms with E-state index in [1.165, 1.54) is 12.6 Å². The third kappa shape index (κ3) is 3.84. The number of hydrogen-bond donors (Lipinski definition) is 2. The van der Waals surface area contributed by atoms with E-state index in [2.05, 4.69) is 26.0 Å². The minimum atomic E-state index is -3.47. The van der Waals surface area contributed by atoms with Gasteiger partial charge in [-0.25, -0.2) is 13.1 Å². The van der Waals surface area contributed by atoms with Crippen LogP contribution in [0.3, 0.4) is 0 Å². The van der Waals surface area contributed by atoms with E-state index in [1.807, 2.05) is 25.1 Å². The van der Waals surface area contributed by atoms with Gasteiger partial charge in [-0.05, 0) is 43.3 Å². The largest absolute Gasteiger partial charge is 0.380 e. The Balaban J connectivity index is 2.25. The molecule has 0 aliphatic rings. The molecule has 0 saturated heterocycles. The molecule has 0 radical (unpaired) electrons. The summed E-state index contributed by atoms with van der Waals surface area (Å²) in [5, 5.41) is 3.18. The molecule has 0 aliphatic heterocycles. The molecule has 21 heavy (non-hydrogen) atoms. The Labute approximate surface area is 133 Å². The molecular weight excluding hydrogens is 352 g/mol. The number of aryl methyl sites for hydroxylation is 1. The van der Waals surface area contributed by atoms with Gasteiger partial charge in [0.05, 0.1) is 5.69 Å². The number of halogens is 1. The number of rotatable bonds is 5. The van der Waals surface area contributed by atoms with Crippen LogP contribution >= 0.6 is 15.9 Å². The first-order chi connectivity index (χ1) is 9.94. The highest BCUT2D eigenvalue weighted by Gasteiger charge is 2.15. The van der Waals surface area contributed by atoms with Gasteiger partial charge in [-0.15, -0.1) is 0 Å². The molecule has 2 rings (SSSR count). The van der Waals surface area contributed by atoms with Gasteiger partial charge >= 0.3 is 0 Å². The summed E-state index contributed by atoms with van der Waals surface area (Å²) in [6.45, 7) is 2.56. The van der Waals surface area contributed by atoms with Crippen molar-refractivity contribution < 1.29 is 8.42 Å². The number of hydrogen-bond acceptors (Lipinski definition) is 3. The van der Waals surface area contributed by atoms with Crippen molar-refractivity contribution in [2.75, 3.05) is 12.4 Å². The maximum absolute atomic E-state index is 12.0. The van der Waals surface area contributed by atoms with Crippen LogP contribution in [0, 0.1) is 6.92 Å². The van der Waals surface area contributed by atoms with E-state index < -0.39 is 10.0 Å². The SMILES string of the molecule is CNS(=O)(=O)c1ccccc1NCc1ccc(C)cc1Br. The van der Waals surface area contributed by atoms with Crippen LogP contribution in [0.15, 0.2) is 51.8 Å². The Morgan fingerprint density at radius 3 is 2.52 bits per heavy atom. The Bertz CT molecular complexity index is 745. The molecule has 4 nitrogen and oxygen atoms in total. The van der Waals surface area contributed by atoms with Crippen LogP contribution < -0.4 is 10.0 Å². The van der Waals surface area contributed by atoms with E-state index in [0.29, 0.717) is 12.2 Å². The van der Waals surface area contributed by atoms with Gasteiger partial charge in [0.2, 0.25) is 10.0 Å². The molecule has 6 heteroatoms. The number of anilines is 1. The van der Waals surface area contributed by atoms with Gasteiger partial charge in [-0.2, -0.15) is 0 Å². The molecule has 0 saturated carbocycles. The molecule has 2 aromatic carbocycles. The van der Waals surface area contributed by atoms with E-state index in [-0.39, 0.29) is 4.90 Å². The number of nitrogens with one attached hydrogen (secondary N) is 2. The summed E-state index contributed by atoms with van der Waals surface area (Å²) in [4.78, 5) is 0.246. The molecule has 0 aliphatic carbocycles. The van der Waals surface area contributed by atoms with Gasteiger partial charge in [0.1, 0.15) is 4.90 Å². The zero-order chi connectivity index (χ0) is 15.5. The first kappa shape index (κ1) is 16.0. The fraction of sp³-hybridized carbons (Fsp3) is 0.200. The molecule has 0 spiro atoms. The van der Waals surface area contributed by atoms with Crippen LogP contribution in [0.1, 0.15) is 11.1 Å². The van der Waals surface area contributed by atoms with Crippen molar-refractivity contribution in [3.05, 3.63) is 58.1 Å². The first-order valence-corrected chi connectivity index (χ1v) is 8.73. The predicted octanol–water partition coefficient (Wildman–Crippen LogP) is 3.28. The Kier molecular flexibility index (Phi) is 5.03. The molecule has 0 amide bonds. The first-order valence-electron chi connectivity index (χ1n) is 6.45. The summed E-state index contributed by atoms with van der Waals surface area (Å²) >= 11 is 3.52. The molecule has 2 N–H and O–H groups in total. The molecule has 2 aromatic rings. The monoisotopic (exact) mass is 368 g/mol. The maximum Gasteiger partial charge on any atom is 0.242 e. The average molecular weight is 369 g/mol. The lowest BCUT2D eigenvalue weighted by molar-refractivity contribution is 0.588. The fourth-order valence-electron chi connectivity index (χ4n) is 1.94. The topological polar surface area (TPSA) is 58.2 Å². The van der Waals surface area contributed by atoms with Crippen molar-refractivity contribution in [2.24, 2.45) is 0 Å².